The monoisotopic (exact) mass is 353 g/mol. The van der Waals surface area contributed by atoms with Crippen molar-refractivity contribution in [3.05, 3.63) is 58.9 Å². The van der Waals surface area contributed by atoms with E-state index in [4.69, 9.17) is 0 Å². The van der Waals surface area contributed by atoms with Crippen LogP contribution >= 0.6 is 0 Å². The highest BCUT2D eigenvalue weighted by molar-refractivity contribution is 5.89. The van der Waals surface area contributed by atoms with Crippen LogP contribution in [0.2, 0.25) is 0 Å². The van der Waals surface area contributed by atoms with Crippen molar-refractivity contribution >= 4 is 11.7 Å². The summed E-state index contributed by atoms with van der Waals surface area (Å²) in [6, 6.07) is 9.37. The van der Waals surface area contributed by atoms with E-state index in [0.717, 1.165) is 34.3 Å². The molecule has 0 saturated carbocycles. The van der Waals surface area contributed by atoms with Crippen LogP contribution in [-0.2, 0) is 12.8 Å². The highest BCUT2D eigenvalue weighted by atomic mass is 16.2. The fourth-order valence-electron chi connectivity index (χ4n) is 2.69. The smallest absolute Gasteiger partial charge is 0.319 e. The van der Waals surface area contributed by atoms with Gasteiger partial charge in [0.2, 0.25) is 0 Å². The average molecular weight is 353 g/mol. The molecule has 26 heavy (non-hydrogen) atoms. The summed E-state index contributed by atoms with van der Waals surface area (Å²) in [4.78, 5) is 16.4. The Labute approximate surface area is 151 Å². The Hall–Kier alpha value is -3.16. The standard InChI is InChI=1S/C18H23N7O/c1-11(8-16-9-12(2)22-24-16)19-18(26)21-15-6-4-14(5-7-15)10-17-20-13(3)23-25-17/h4-7,9,11H,8,10H2,1-3H3,(H,22,24)(H2,19,21,26)(H,20,23,25)/t11-/m1/s1. The summed E-state index contributed by atoms with van der Waals surface area (Å²) in [6.45, 7) is 5.77. The number of carbonyl (C=O) groups is 1. The van der Waals surface area contributed by atoms with E-state index in [2.05, 4.69) is 36.0 Å². The molecule has 3 aromatic rings. The van der Waals surface area contributed by atoms with E-state index in [1.807, 2.05) is 51.1 Å². The van der Waals surface area contributed by atoms with Gasteiger partial charge in [-0.2, -0.15) is 10.2 Å². The van der Waals surface area contributed by atoms with E-state index in [-0.39, 0.29) is 12.1 Å². The van der Waals surface area contributed by atoms with Gasteiger partial charge in [-0.25, -0.2) is 9.78 Å². The van der Waals surface area contributed by atoms with Gasteiger partial charge in [0.15, 0.2) is 5.82 Å². The fraction of sp³-hybridized carbons (Fsp3) is 0.333. The number of anilines is 1. The van der Waals surface area contributed by atoms with Crippen LogP contribution in [-0.4, -0.2) is 37.5 Å². The van der Waals surface area contributed by atoms with E-state index in [0.29, 0.717) is 12.8 Å². The first-order chi connectivity index (χ1) is 12.5. The average Bonchev–Trinajstić information content (AvgIpc) is 3.17. The summed E-state index contributed by atoms with van der Waals surface area (Å²) in [6.07, 6.45) is 1.32. The van der Waals surface area contributed by atoms with Crippen LogP contribution in [0.3, 0.4) is 0 Å². The van der Waals surface area contributed by atoms with Crippen molar-refractivity contribution in [3.8, 4) is 0 Å². The molecular formula is C18H23N7O. The largest absolute Gasteiger partial charge is 0.335 e. The third-order valence-corrected chi connectivity index (χ3v) is 3.87. The van der Waals surface area contributed by atoms with E-state index >= 15 is 0 Å². The van der Waals surface area contributed by atoms with Crippen LogP contribution in [0.25, 0.3) is 0 Å². The van der Waals surface area contributed by atoms with Crippen LogP contribution < -0.4 is 10.6 Å². The predicted molar refractivity (Wildman–Crippen MR) is 99.0 cm³/mol. The molecule has 2 aromatic heterocycles. The maximum absolute atomic E-state index is 12.1. The molecule has 1 atom stereocenters. The lowest BCUT2D eigenvalue weighted by Gasteiger charge is -2.13. The summed E-state index contributed by atoms with van der Waals surface area (Å²) in [5.41, 5.74) is 3.76. The molecule has 8 heteroatoms. The molecule has 0 aliphatic rings. The topological polar surface area (TPSA) is 111 Å². The molecule has 0 saturated heterocycles. The molecule has 0 aliphatic heterocycles. The normalized spacial score (nSPS) is 12.0. The number of carbonyl (C=O) groups excluding carboxylic acids is 1. The summed E-state index contributed by atoms with van der Waals surface area (Å²) >= 11 is 0. The summed E-state index contributed by atoms with van der Waals surface area (Å²) < 4.78 is 0. The number of H-pyrrole nitrogens is 2. The number of hydrogen-bond donors (Lipinski definition) is 4. The fourth-order valence-corrected chi connectivity index (χ4v) is 2.69. The van der Waals surface area contributed by atoms with Crippen molar-refractivity contribution < 1.29 is 4.79 Å². The zero-order chi connectivity index (χ0) is 18.5. The molecular weight excluding hydrogens is 330 g/mol. The Balaban J connectivity index is 1.49. The molecule has 2 heterocycles. The lowest BCUT2D eigenvalue weighted by atomic mass is 10.1. The van der Waals surface area contributed by atoms with Crippen molar-refractivity contribution in [1.82, 2.24) is 30.7 Å². The third kappa shape index (κ3) is 4.92. The van der Waals surface area contributed by atoms with E-state index in [1.54, 1.807) is 0 Å². The highest BCUT2D eigenvalue weighted by Crippen LogP contribution is 2.12. The lowest BCUT2D eigenvalue weighted by molar-refractivity contribution is 0.249. The van der Waals surface area contributed by atoms with Gasteiger partial charge in [0.05, 0.1) is 5.69 Å². The molecule has 0 radical (unpaired) electrons. The van der Waals surface area contributed by atoms with E-state index in [9.17, 15) is 4.79 Å². The first kappa shape index (κ1) is 17.7. The molecule has 8 nitrogen and oxygen atoms in total. The lowest BCUT2D eigenvalue weighted by Crippen LogP contribution is -2.37. The number of benzene rings is 1. The van der Waals surface area contributed by atoms with Gasteiger partial charge >= 0.3 is 6.03 Å². The van der Waals surface area contributed by atoms with Gasteiger partial charge in [0.1, 0.15) is 5.82 Å². The second-order valence-electron chi connectivity index (χ2n) is 6.46. The minimum Gasteiger partial charge on any atom is -0.335 e. The van der Waals surface area contributed by atoms with Crippen molar-refractivity contribution in [2.75, 3.05) is 5.32 Å². The molecule has 4 N–H and O–H groups in total. The van der Waals surface area contributed by atoms with Crippen molar-refractivity contribution in [1.29, 1.82) is 0 Å². The second-order valence-corrected chi connectivity index (χ2v) is 6.46. The number of hydrogen-bond acceptors (Lipinski definition) is 4. The van der Waals surface area contributed by atoms with Gasteiger partial charge in [-0.05, 0) is 44.5 Å². The van der Waals surface area contributed by atoms with Gasteiger partial charge in [-0.3, -0.25) is 10.2 Å². The molecule has 3 rings (SSSR count). The molecule has 0 spiro atoms. The molecule has 0 fully saturated rings. The number of urea groups is 1. The quantitative estimate of drug-likeness (QED) is 0.545. The number of aryl methyl sites for hydroxylation is 2. The minimum absolute atomic E-state index is 0.0223. The first-order valence-corrected chi connectivity index (χ1v) is 8.53. The summed E-state index contributed by atoms with van der Waals surface area (Å²) in [5, 5.41) is 19.8. The maximum atomic E-state index is 12.1. The van der Waals surface area contributed by atoms with Crippen LogP contribution in [0.15, 0.2) is 30.3 Å². The number of aromatic amines is 2. The van der Waals surface area contributed by atoms with E-state index < -0.39 is 0 Å². The summed E-state index contributed by atoms with van der Waals surface area (Å²) in [5.74, 6) is 1.55. The van der Waals surface area contributed by atoms with Gasteiger partial charge in [0, 0.05) is 30.3 Å². The Morgan fingerprint density at radius 1 is 1.15 bits per heavy atom. The van der Waals surface area contributed by atoms with Gasteiger partial charge in [-0.1, -0.05) is 12.1 Å². The Morgan fingerprint density at radius 3 is 2.54 bits per heavy atom. The van der Waals surface area contributed by atoms with Crippen LogP contribution in [0, 0.1) is 13.8 Å². The molecule has 1 aromatic carbocycles. The number of amides is 2. The third-order valence-electron chi connectivity index (χ3n) is 3.87. The highest BCUT2D eigenvalue weighted by Gasteiger charge is 2.10. The minimum atomic E-state index is -0.234. The number of nitrogens with zero attached hydrogens (tertiary/aromatic N) is 3. The number of rotatable bonds is 6. The predicted octanol–water partition coefficient (Wildman–Crippen LogP) is 2.49. The second kappa shape index (κ2) is 7.81. The molecule has 2 amide bonds. The number of nitrogens with one attached hydrogen (secondary N) is 4. The zero-order valence-corrected chi connectivity index (χ0v) is 15.1. The van der Waals surface area contributed by atoms with Crippen LogP contribution in [0.5, 0.6) is 0 Å². The van der Waals surface area contributed by atoms with Gasteiger partial charge < -0.3 is 10.6 Å². The van der Waals surface area contributed by atoms with Crippen molar-refractivity contribution in [2.24, 2.45) is 0 Å². The van der Waals surface area contributed by atoms with E-state index in [1.165, 1.54) is 0 Å². The van der Waals surface area contributed by atoms with Crippen molar-refractivity contribution in [2.45, 2.75) is 39.7 Å². The Kier molecular flexibility index (Phi) is 5.31. The first-order valence-electron chi connectivity index (χ1n) is 8.53. The maximum Gasteiger partial charge on any atom is 0.319 e. The Morgan fingerprint density at radius 2 is 1.92 bits per heavy atom. The van der Waals surface area contributed by atoms with Crippen molar-refractivity contribution in [3.63, 3.8) is 0 Å². The van der Waals surface area contributed by atoms with Crippen LogP contribution in [0.1, 0.15) is 35.5 Å². The molecule has 136 valence electrons. The molecule has 0 aliphatic carbocycles. The van der Waals surface area contributed by atoms with Crippen LogP contribution in [0.4, 0.5) is 10.5 Å². The number of aromatic nitrogens is 5. The Bertz CT molecular complexity index is 866. The molecule has 0 unspecified atom stereocenters. The van der Waals surface area contributed by atoms with Gasteiger partial charge in [-0.15, -0.1) is 0 Å². The van der Waals surface area contributed by atoms with Gasteiger partial charge in [0.25, 0.3) is 0 Å². The summed E-state index contributed by atoms with van der Waals surface area (Å²) in [7, 11) is 0. The SMILES string of the molecule is Cc1cc(C[C@@H](C)NC(=O)Nc2ccc(Cc3n[nH]c(C)n3)cc2)n[nH]1. The molecule has 0 bridgehead atoms. The zero-order valence-electron chi connectivity index (χ0n) is 15.1.